The van der Waals surface area contributed by atoms with Crippen molar-refractivity contribution in [2.75, 3.05) is 0 Å². The van der Waals surface area contributed by atoms with Gasteiger partial charge in [0.2, 0.25) is 0 Å². The molecular weight excluding hydrogens is 434 g/mol. The molecule has 2 aromatic carbocycles. The number of benzene rings is 2. The molecule has 0 aliphatic heterocycles. The normalized spacial score (nSPS) is 24.9. The molecule has 0 heterocycles. The van der Waals surface area contributed by atoms with Crippen LogP contribution in [0, 0.1) is 29.4 Å². The maximum atomic E-state index is 14.8. The Bertz CT molecular complexity index is 928. The van der Waals surface area contributed by atoms with E-state index in [-0.39, 0.29) is 0 Å². The van der Waals surface area contributed by atoms with E-state index in [0.29, 0.717) is 23.5 Å². The third-order valence-corrected chi connectivity index (χ3v) is 8.96. The van der Waals surface area contributed by atoms with Gasteiger partial charge in [0.25, 0.3) is 0 Å². The van der Waals surface area contributed by atoms with Gasteiger partial charge in [0.15, 0.2) is 11.6 Å². The fourth-order valence-electron chi connectivity index (χ4n) is 6.47. The molecule has 2 aromatic rings. The van der Waals surface area contributed by atoms with Crippen LogP contribution < -0.4 is 0 Å². The minimum absolute atomic E-state index is 0.374. The summed E-state index contributed by atoms with van der Waals surface area (Å²) in [6, 6.07) is 11.8. The largest absolute Gasteiger partial charge is 0.203 e. The van der Waals surface area contributed by atoms with Crippen molar-refractivity contribution >= 4 is 0 Å². The van der Waals surface area contributed by atoms with Gasteiger partial charge in [0.1, 0.15) is 0 Å². The highest BCUT2D eigenvalue weighted by Crippen LogP contribution is 2.40. The first-order valence-electron chi connectivity index (χ1n) is 14.3. The number of halogens is 2. The van der Waals surface area contributed by atoms with Crippen molar-refractivity contribution in [3.05, 3.63) is 71.8 Å². The highest BCUT2D eigenvalue weighted by molar-refractivity contribution is 5.65. The quantitative estimate of drug-likeness (QED) is 0.235. The monoisotopic (exact) mass is 478 g/mol. The maximum Gasteiger partial charge on any atom is 0.166 e. The molecule has 2 saturated carbocycles. The van der Waals surface area contributed by atoms with E-state index in [1.807, 2.05) is 12.1 Å². The van der Waals surface area contributed by atoms with Gasteiger partial charge in [-0.05, 0) is 105 Å². The Balaban J connectivity index is 1.27. The van der Waals surface area contributed by atoms with Gasteiger partial charge in [0, 0.05) is 5.56 Å². The van der Waals surface area contributed by atoms with Gasteiger partial charge in [-0.3, -0.25) is 0 Å². The second kappa shape index (κ2) is 12.8. The topological polar surface area (TPSA) is 0 Å². The second-order valence-electron chi connectivity index (χ2n) is 11.3. The number of hydrogen-bond acceptors (Lipinski definition) is 0. The Morgan fingerprint density at radius 3 is 2.00 bits per heavy atom. The Hall–Kier alpha value is -1.96. The Labute approximate surface area is 212 Å². The van der Waals surface area contributed by atoms with Crippen molar-refractivity contribution in [1.29, 1.82) is 0 Å². The lowest BCUT2D eigenvalue weighted by Crippen LogP contribution is -2.17. The predicted molar refractivity (Wildman–Crippen MR) is 145 cm³/mol. The van der Waals surface area contributed by atoms with Crippen LogP contribution in [0.15, 0.2) is 49.1 Å². The Morgan fingerprint density at radius 2 is 1.40 bits per heavy atom. The zero-order chi connectivity index (χ0) is 24.6. The van der Waals surface area contributed by atoms with E-state index in [9.17, 15) is 8.78 Å². The van der Waals surface area contributed by atoms with Crippen LogP contribution in [-0.4, -0.2) is 0 Å². The summed E-state index contributed by atoms with van der Waals surface area (Å²) < 4.78 is 29.4. The van der Waals surface area contributed by atoms with Crippen LogP contribution in [0.25, 0.3) is 11.1 Å². The van der Waals surface area contributed by atoms with Gasteiger partial charge in [0.05, 0.1) is 0 Å². The smallest absolute Gasteiger partial charge is 0.166 e. The van der Waals surface area contributed by atoms with E-state index in [1.54, 1.807) is 12.1 Å². The van der Waals surface area contributed by atoms with E-state index in [0.717, 1.165) is 42.6 Å². The number of unbranched alkanes of at least 4 members (excludes halogenated alkanes) is 2. The van der Waals surface area contributed by atoms with Crippen molar-refractivity contribution in [3.8, 4) is 11.1 Å². The summed E-state index contributed by atoms with van der Waals surface area (Å²) >= 11 is 0. The standard InChI is InChI=1S/C33H44F2/c1-3-5-6-7-30-22-23-31(33(35)32(30)34)29-20-18-28(19-21-29)27-16-14-26(15-17-27)13-12-25-10-8-24(4-2)9-11-25/h4,18-27H,2-3,5-17H2,1H3. The lowest BCUT2D eigenvalue weighted by atomic mass is 9.74. The molecule has 0 aromatic heterocycles. The molecule has 0 radical (unpaired) electrons. The molecule has 0 amide bonds. The van der Waals surface area contributed by atoms with Crippen LogP contribution in [0.1, 0.15) is 107 Å². The molecule has 0 bridgehead atoms. The van der Waals surface area contributed by atoms with E-state index in [2.05, 4.69) is 31.7 Å². The van der Waals surface area contributed by atoms with Gasteiger partial charge in [-0.1, -0.05) is 75.1 Å². The van der Waals surface area contributed by atoms with Crippen molar-refractivity contribution in [1.82, 2.24) is 0 Å². The summed E-state index contributed by atoms with van der Waals surface area (Å²) in [6.07, 6.45) is 19.2. The third-order valence-electron chi connectivity index (χ3n) is 8.96. The predicted octanol–water partition coefficient (Wildman–Crippen LogP) is 10.4. The average molecular weight is 479 g/mol. The van der Waals surface area contributed by atoms with Gasteiger partial charge in [-0.2, -0.15) is 0 Å². The number of aryl methyl sites for hydroxylation is 1. The first-order chi connectivity index (χ1) is 17.1. The molecule has 2 aliphatic rings. The molecule has 0 atom stereocenters. The molecule has 2 heteroatoms. The summed E-state index contributed by atoms with van der Waals surface area (Å²) in [6.45, 7) is 6.09. The lowest BCUT2D eigenvalue weighted by molar-refractivity contribution is 0.246. The fourth-order valence-corrected chi connectivity index (χ4v) is 6.47. The molecule has 35 heavy (non-hydrogen) atoms. The third kappa shape index (κ3) is 6.83. The lowest BCUT2D eigenvalue weighted by Gasteiger charge is -2.31. The first kappa shape index (κ1) is 26.1. The van der Waals surface area contributed by atoms with E-state index >= 15 is 0 Å². The zero-order valence-electron chi connectivity index (χ0n) is 21.7. The SMILES string of the molecule is C=CC1CCC(CCC2CCC(c3ccc(-c4ccc(CCCCC)c(F)c4F)cc3)CC2)CC1. The van der Waals surface area contributed by atoms with Crippen molar-refractivity contribution in [2.24, 2.45) is 17.8 Å². The Kier molecular flexibility index (Phi) is 9.58. The van der Waals surface area contributed by atoms with E-state index in [4.69, 9.17) is 0 Å². The zero-order valence-corrected chi connectivity index (χ0v) is 21.7. The highest BCUT2D eigenvalue weighted by atomic mass is 19.2. The maximum absolute atomic E-state index is 14.8. The van der Waals surface area contributed by atoms with Gasteiger partial charge in [-0.25, -0.2) is 8.78 Å². The van der Waals surface area contributed by atoms with Crippen molar-refractivity contribution in [3.63, 3.8) is 0 Å². The highest BCUT2D eigenvalue weighted by Gasteiger charge is 2.25. The molecular formula is C33H44F2. The molecule has 0 saturated heterocycles. The van der Waals surface area contributed by atoms with Crippen LogP contribution in [-0.2, 0) is 6.42 Å². The summed E-state index contributed by atoms with van der Waals surface area (Å²) in [4.78, 5) is 0. The molecule has 2 aliphatic carbocycles. The Morgan fingerprint density at radius 1 is 0.771 bits per heavy atom. The molecule has 0 nitrogen and oxygen atoms in total. The molecule has 190 valence electrons. The number of allylic oxidation sites excluding steroid dienone is 1. The minimum atomic E-state index is -0.703. The van der Waals surface area contributed by atoms with Crippen LogP contribution in [0.3, 0.4) is 0 Å². The summed E-state index contributed by atoms with van der Waals surface area (Å²) in [5.74, 6) is 1.81. The van der Waals surface area contributed by atoms with Crippen molar-refractivity contribution in [2.45, 2.75) is 103 Å². The summed E-state index contributed by atoms with van der Waals surface area (Å²) in [5, 5.41) is 0. The average Bonchev–Trinajstić information content (AvgIpc) is 2.91. The second-order valence-corrected chi connectivity index (χ2v) is 11.3. The van der Waals surface area contributed by atoms with Crippen LogP contribution >= 0.6 is 0 Å². The number of rotatable bonds is 10. The van der Waals surface area contributed by atoms with Crippen LogP contribution in [0.4, 0.5) is 8.78 Å². The molecule has 4 rings (SSSR count). The minimum Gasteiger partial charge on any atom is -0.203 e. The van der Waals surface area contributed by atoms with E-state index in [1.165, 1.54) is 69.8 Å². The van der Waals surface area contributed by atoms with Gasteiger partial charge >= 0.3 is 0 Å². The molecule has 0 unspecified atom stereocenters. The fraction of sp³-hybridized carbons (Fsp3) is 0.576. The van der Waals surface area contributed by atoms with Gasteiger partial charge < -0.3 is 0 Å². The first-order valence-corrected chi connectivity index (χ1v) is 14.3. The van der Waals surface area contributed by atoms with Crippen LogP contribution in [0.5, 0.6) is 0 Å². The van der Waals surface area contributed by atoms with Crippen molar-refractivity contribution < 1.29 is 8.78 Å². The summed E-state index contributed by atoms with van der Waals surface area (Å²) in [5.41, 5.74) is 2.99. The molecule has 0 N–H and O–H groups in total. The van der Waals surface area contributed by atoms with Crippen LogP contribution in [0.2, 0.25) is 0 Å². The number of hydrogen-bond donors (Lipinski definition) is 0. The molecule has 2 fully saturated rings. The summed E-state index contributed by atoms with van der Waals surface area (Å²) in [7, 11) is 0. The van der Waals surface area contributed by atoms with Gasteiger partial charge in [-0.15, -0.1) is 6.58 Å². The molecule has 0 spiro atoms. The van der Waals surface area contributed by atoms with E-state index < -0.39 is 11.6 Å².